The van der Waals surface area contributed by atoms with Crippen molar-refractivity contribution in [2.75, 3.05) is 13.9 Å². The summed E-state index contributed by atoms with van der Waals surface area (Å²) in [6.07, 6.45) is -4.40. The molecule has 1 rings (SSSR count). The first-order chi connectivity index (χ1) is 6.95. The molecule has 2 radical (unpaired) electrons. The number of hydrogen-bond donors (Lipinski definition) is 0. The Morgan fingerprint density at radius 3 is 2.29 bits per heavy atom. The molecule has 0 atom stereocenters. The average molecular weight is 252 g/mol. The molecule has 0 amide bonds. The fraction of sp³-hybridized carbons (Fsp3) is 0.333. The summed E-state index contributed by atoms with van der Waals surface area (Å²) in [4.78, 5) is 0. The molecule has 8 heteroatoms. The zero-order valence-corrected chi connectivity index (χ0v) is 8.97. The summed E-state index contributed by atoms with van der Waals surface area (Å²) in [6, 6.07) is 2.89. The van der Waals surface area contributed by atoms with Crippen LogP contribution in [0.5, 0.6) is 5.75 Å². The molecule has 0 aromatic heterocycles. The average Bonchev–Trinajstić information content (AvgIpc) is 2.15. The second-order valence-electron chi connectivity index (χ2n) is 2.80. The van der Waals surface area contributed by atoms with Crippen LogP contribution < -0.4 is 10.2 Å². The number of hydrogen-bond acceptors (Lipinski definition) is 2. The van der Waals surface area contributed by atoms with Gasteiger partial charge in [0.15, 0.2) is 6.79 Å². The summed E-state index contributed by atoms with van der Waals surface area (Å²) in [5.74, 6) is -0.0355. The minimum Gasteiger partial charge on any atom is -0.468 e. The van der Waals surface area contributed by atoms with Crippen LogP contribution in [0.1, 0.15) is 5.56 Å². The van der Waals surface area contributed by atoms with Crippen molar-refractivity contribution < 1.29 is 33.6 Å². The van der Waals surface area contributed by atoms with E-state index in [1.54, 1.807) is 0 Å². The van der Waals surface area contributed by atoms with Crippen LogP contribution in [0.4, 0.5) is 13.2 Å². The first-order valence-electron chi connectivity index (χ1n) is 4.03. The van der Waals surface area contributed by atoms with Crippen molar-refractivity contribution in [3.63, 3.8) is 0 Å². The second kappa shape index (κ2) is 7.15. The van der Waals surface area contributed by atoms with Gasteiger partial charge in [-0.1, -0.05) is 17.6 Å². The Balaban J connectivity index is 0. The SMILES string of the molecule is O.O.[B]c1ccc(C(F)(F)F)cc1OCOC. The summed E-state index contributed by atoms with van der Waals surface area (Å²) < 4.78 is 46.3. The quantitative estimate of drug-likeness (QED) is 0.552. The first kappa shape index (κ1) is 18.1. The molecular formula is C9H12BF3O4. The molecule has 1 aromatic rings. The van der Waals surface area contributed by atoms with Crippen LogP contribution in [0.3, 0.4) is 0 Å². The normalized spacial score (nSPS) is 10.1. The lowest BCUT2D eigenvalue weighted by atomic mass is 9.94. The van der Waals surface area contributed by atoms with E-state index in [1.807, 2.05) is 0 Å². The van der Waals surface area contributed by atoms with Crippen molar-refractivity contribution >= 4 is 13.3 Å². The second-order valence-corrected chi connectivity index (χ2v) is 2.80. The van der Waals surface area contributed by atoms with Gasteiger partial charge in [-0.2, -0.15) is 13.2 Å². The summed E-state index contributed by atoms with van der Waals surface area (Å²) in [7, 11) is 6.79. The third-order valence-corrected chi connectivity index (χ3v) is 1.67. The van der Waals surface area contributed by atoms with E-state index < -0.39 is 11.7 Å². The van der Waals surface area contributed by atoms with Crippen molar-refractivity contribution in [3.8, 4) is 5.75 Å². The molecular weight excluding hydrogens is 240 g/mol. The van der Waals surface area contributed by atoms with Gasteiger partial charge in [-0.3, -0.25) is 0 Å². The summed E-state index contributed by atoms with van der Waals surface area (Å²) >= 11 is 0. The largest absolute Gasteiger partial charge is 0.468 e. The molecule has 0 aliphatic heterocycles. The van der Waals surface area contributed by atoms with Crippen LogP contribution in [-0.4, -0.2) is 32.7 Å². The van der Waals surface area contributed by atoms with E-state index in [0.717, 1.165) is 18.2 Å². The molecule has 0 aliphatic carbocycles. The standard InChI is InChI=1S/C9H8BF3O2.2H2O/c1-14-5-15-8-4-6(9(11,12)13)2-3-7(8)10;;/h2-4H,5H2,1H3;2*1H2. The number of ether oxygens (including phenoxy) is 2. The van der Waals surface area contributed by atoms with Crippen molar-refractivity contribution in [1.29, 1.82) is 0 Å². The van der Waals surface area contributed by atoms with Crippen LogP contribution in [0.2, 0.25) is 0 Å². The molecule has 0 spiro atoms. The molecule has 0 unspecified atom stereocenters. The van der Waals surface area contributed by atoms with Gasteiger partial charge in [0.25, 0.3) is 0 Å². The molecule has 4 nitrogen and oxygen atoms in total. The Kier molecular flexibility index (Phi) is 7.63. The molecule has 0 saturated carbocycles. The molecule has 1 aromatic carbocycles. The Labute approximate surface area is 97.4 Å². The molecule has 96 valence electrons. The van der Waals surface area contributed by atoms with E-state index in [1.165, 1.54) is 7.11 Å². The van der Waals surface area contributed by atoms with Crippen LogP contribution in [-0.2, 0) is 10.9 Å². The number of halogens is 3. The van der Waals surface area contributed by atoms with Crippen LogP contribution in [0, 0.1) is 0 Å². The first-order valence-corrected chi connectivity index (χ1v) is 4.03. The summed E-state index contributed by atoms with van der Waals surface area (Å²) in [5.41, 5.74) is -0.664. The Hall–Kier alpha value is -1.25. The lowest BCUT2D eigenvalue weighted by Gasteiger charge is -2.12. The van der Waals surface area contributed by atoms with E-state index in [0.29, 0.717) is 0 Å². The van der Waals surface area contributed by atoms with E-state index in [-0.39, 0.29) is 29.0 Å². The van der Waals surface area contributed by atoms with E-state index in [9.17, 15) is 13.2 Å². The molecule has 0 fully saturated rings. The number of benzene rings is 1. The molecule has 4 N–H and O–H groups in total. The lowest BCUT2D eigenvalue weighted by molar-refractivity contribution is -0.137. The van der Waals surface area contributed by atoms with Crippen LogP contribution in [0.15, 0.2) is 18.2 Å². The van der Waals surface area contributed by atoms with Gasteiger partial charge in [0, 0.05) is 7.11 Å². The zero-order valence-electron chi connectivity index (χ0n) is 8.97. The van der Waals surface area contributed by atoms with Gasteiger partial charge >= 0.3 is 6.18 Å². The maximum absolute atomic E-state index is 12.3. The molecule has 0 aliphatic rings. The minimum atomic E-state index is -4.40. The highest BCUT2D eigenvalue weighted by Crippen LogP contribution is 2.30. The van der Waals surface area contributed by atoms with Crippen molar-refractivity contribution in [3.05, 3.63) is 23.8 Å². The molecule has 0 heterocycles. The van der Waals surface area contributed by atoms with Gasteiger partial charge in [-0.25, -0.2) is 0 Å². The number of alkyl halides is 3. The lowest BCUT2D eigenvalue weighted by Crippen LogP contribution is -2.14. The molecule has 0 bridgehead atoms. The molecule has 0 saturated heterocycles. The van der Waals surface area contributed by atoms with Crippen LogP contribution >= 0.6 is 0 Å². The zero-order chi connectivity index (χ0) is 11.5. The van der Waals surface area contributed by atoms with Gasteiger partial charge in [-0.05, 0) is 6.07 Å². The highest BCUT2D eigenvalue weighted by Gasteiger charge is 2.30. The predicted octanol–water partition coefficient (Wildman–Crippen LogP) is -0.168. The fourth-order valence-corrected chi connectivity index (χ4v) is 0.958. The van der Waals surface area contributed by atoms with Gasteiger partial charge in [-0.15, -0.1) is 0 Å². The minimum absolute atomic E-state index is 0. The van der Waals surface area contributed by atoms with Crippen LogP contribution in [0.25, 0.3) is 0 Å². The van der Waals surface area contributed by atoms with E-state index in [4.69, 9.17) is 12.6 Å². The Morgan fingerprint density at radius 2 is 1.82 bits per heavy atom. The van der Waals surface area contributed by atoms with E-state index in [2.05, 4.69) is 4.74 Å². The highest BCUT2D eigenvalue weighted by molar-refractivity contribution is 6.34. The smallest absolute Gasteiger partial charge is 0.416 e. The third kappa shape index (κ3) is 5.07. The monoisotopic (exact) mass is 252 g/mol. The van der Waals surface area contributed by atoms with Gasteiger partial charge in [0.1, 0.15) is 13.6 Å². The van der Waals surface area contributed by atoms with Gasteiger partial charge in [0.05, 0.1) is 5.56 Å². The third-order valence-electron chi connectivity index (χ3n) is 1.67. The van der Waals surface area contributed by atoms with Crippen molar-refractivity contribution in [2.45, 2.75) is 6.18 Å². The maximum atomic E-state index is 12.3. The number of rotatable bonds is 3. The predicted molar refractivity (Wildman–Crippen MR) is 56.6 cm³/mol. The Morgan fingerprint density at radius 1 is 1.24 bits per heavy atom. The van der Waals surface area contributed by atoms with Crippen molar-refractivity contribution in [1.82, 2.24) is 0 Å². The Bertz CT molecular complexity index is 344. The van der Waals surface area contributed by atoms with Crippen molar-refractivity contribution in [2.24, 2.45) is 0 Å². The maximum Gasteiger partial charge on any atom is 0.416 e. The molecule has 17 heavy (non-hydrogen) atoms. The summed E-state index contributed by atoms with van der Waals surface area (Å²) in [5, 5.41) is 0. The number of methoxy groups -OCH3 is 1. The van der Waals surface area contributed by atoms with Gasteiger partial charge < -0.3 is 20.4 Å². The van der Waals surface area contributed by atoms with Gasteiger partial charge in [0.2, 0.25) is 0 Å². The topological polar surface area (TPSA) is 81.5 Å². The van der Waals surface area contributed by atoms with E-state index >= 15 is 0 Å². The fourth-order valence-electron chi connectivity index (χ4n) is 0.958. The summed E-state index contributed by atoms with van der Waals surface area (Å²) in [6.45, 7) is -0.147. The highest BCUT2D eigenvalue weighted by atomic mass is 19.4.